The van der Waals surface area contributed by atoms with Crippen molar-refractivity contribution < 1.29 is 20.1 Å². The maximum Gasteiger partial charge on any atom is 0.0900 e. The Bertz CT molecular complexity index is 312. The van der Waals surface area contributed by atoms with Crippen LogP contribution in [-0.4, -0.2) is 72.4 Å². The molecule has 182 valence electrons. The molecule has 0 fully saturated rings. The smallest absolute Gasteiger partial charge is 0.0900 e. The molecule has 0 bridgehead atoms. The van der Waals surface area contributed by atoms with E-state index in [1.165, 1.54) is 96.3 Å². The van der Waals surface area contributed by atoms with E-state index in [9.17, 15) is 5.11 Å². The number of rotatable bonds is 25. The lowest BCUT2D eigenvalue weighted by molar-refractivity contribution is 0.0103. The Morgan fingerprint density at radius 1 is 0.633 bits per heavy atom. The second-order valence-electron chi connectivity index (χ2n) is 8.78. The van der Waals surface area contributed by atoms with E-state index in [-0.39, 0.29) is 13.2 Å². The summed E-state index contributed by atoms with van der Waals surface area (Å²) >= 11 is 0. The Hall–Kier alpha value is -0.200. The summed E-state index contributed by atoms with van der Waals surface area (Å²) < 4.78 is 5.57. The van der Waals surface area contributed by atoms with E-state index in [1.54, 1.807) is 0 Å². The van der Waals surface area contributed by atoms with E-state index < -0.39 is 6.10 Å². The van der Waals surface area contributed by atoms with E-state index >= 15 is 0 Å². The summed E-state index contributed by atoms with van der Waals surface area (Å²) in [7, 11) is 0. The van der Waals surface area contributed by atoms with Crippen LogP contribution < -0.4 is 0 Å². The SMILES string of the molecule is CCCCCCCCCCCCCCCCCCOC[C@@H](O)CN(CCO)CCO. The van der Waals surface area contributed by atoms with Gasteiger partial charge in [0.25, 0.3) is 0 Å². The van der Waals surface area contributed by atoms with Gasteiger partial charge in [0.1, 0.15) is 0 Å². The van der Waals surface area contributed by atoms with Crippen LogP contribution in [-0.2, 0) is 4.74 Å². The molecule has 0 rings (SSSR count). The maximum absolute atomic E-state index is 9.98. The Kier molecular flexibility index (Phi) is 24.9. The van der Waals surface area contributed by atoms with Gasteiger partial charge >= 0.3 is 0 Å². The molecule has 0 aliphatic rings. The first-order valence-corrected chi connectivity index (χ1v) is 12.9. The molecule has 0 aliphatic heterocycles. The summed E-state index contributed by atoms with van der Waals surface area (Å²) in [6.45, 7) is 4.75. The number of hydrogen-bond donors (Lipinski definition) is 3. The highest BCUT2D eigenvalue weighted by molar-refractivity contribution is 4.64. The lowest BCUT2D eigenvalue weighted by atomic mass is 10.0. The van der Waals surface area contributed by atoms with E-state index in [0.717, 1.165) is 6.42 Å². The zero-order chi connectivity index (χ0) is 22.1. The van der Waals surface area contributed by atoms with Crippen LogP contribution in [0.2, 0.25) is 0 Å². The van der Waals surface area contributed by atoms with Crippen molar-refractivity contribution in [2.75, 3.05) is 46.1 Å². The fourth-order valence-corrected chi connectivity index (χ4v) is 3.90. The second-order valence-corrected chi connectivity index (χ2v) is 8.78. The first kappa shape index (κ1) is 29.8. The van der Waals surface area contributed by atoms with Gasteiger partial charge in [0.05, 0.1) is 25.9 Å². The third-order valence-corrected chi connectivity index (χ3v) is 5.75. The van der Waals surface area contributed by atoms with E-state index in [2.05, 4.69) is 6.92 Å². The molecule has 0 aromatic heterocycles. The van der Waals surface area contributed by atoms with Crippen molar-refractivity contribution in [1.82, 2.24) is 4.90 Å². The molecule has 0 unspecified atom stereocenters. The molecule has 30 heavy (non-hydrogen) atoms. The van der Waals surface area contributed by atoms with E-state index in [0.29, 0.717) is 32.8 Å². The van der Waals surface area contributed by atoms with Crippen molar-refractivity contribution in [2.45, 2.75) is 116 Å². The molecule has 0 aromatic carbocycles. The topological polar surface area (TPSA) is 73.2 Å². The highest BCUT2D eigenvalue weighted by atomic mass is 16.5. The van der Waals surface area contributed by atoms with Crippen LogP contribution in [0.3, 0.4) is 0 Å². The molecule has 0 amide bonds. The summed E-state index contributed by atoms with van der Waals surface area (Å²) in [5, 5.41) is 27.9. The fourth-order valence-electron chi connectivity index (χ4n) is 3.90. The minimum atomic E-state index is -0.566. The number of ether oxygens (including phenoxy) is 1. The Labute approximate surface area is 187 Å². The fraction of sp³-hybridized carbons (Fsp3) is 1.00. The van der Waals surface area contributed by atoms with Crippen LogP contribution in [0.5, 0.6) is 0 Å². The average Bonchev–Trinajstić information content (AvgIpc) is 2.73. The largest absolute Gasteiger partial charge is 0.395 e. The maximum atomic E-state index is 9.98. The Morgan fingerprint density at radius 2 is 1.03 bits per heavy atom. The molecule has 0 saturated heterocycles. The standard InChI is InChI=1S/C25H53NO4/c1-2-3-4-5-6-7-8-9-10-11-12-13-14-15-16-17-22-30-24-25(29)23-26(18-20-27)19-21-28/h25,27-29H,2-24H2,1H3/t25-/m0/s1. The van der Waals surface area contributed by atoms with Gasteiger partial charge in [0, 0.05) is 26.2 Å². The van der Waals surface area contributed by atoms with Crippen molar-refractivity contribution in [1.29, 1.82) is 0 Å². The summed E-state index contributed by atoms with van der Waals surface area (Å²) in [4.78, 5) is 1.85. The molecule has 3 N–H and O–H groups in total. The summed E-state index contributed by atoms with van der Waals surface area (Å²) in [6.07, 6.45) is 21.2. The first-order valence-electron chi connectivity index (χ1n) is 12.9. The van der Waals surface area contributed by atoms with Crippen molar-refractivity contribution >= 4 is 0 Å². The summed E-state index contributed by atoms with van der Waals surface area (Å²) in [6, 6.07) is 0. The quantitative estimate of drug-likeness (QED) is 0.179. The number of unbranched alkanes of at least 4 members (excludes halogenated alkanes) is 15. The highest BCUT2D eigenvalue weighted by Crippen LogP contribution is 2.13. The summed E-state index contributed by atoms with van der Waals surface area (Å²) in [5.74, 6) is 0. The van der Waals surface area contributed by atoms with Gasteiger partial charge in [-0.1, -0.05) is 103 Å². The summed E-state index contributed by atoms with van der Waals surface area (Å²) in [5.41, 5.74) is 0. The Balaban J connectivity index is 3.24. The van der Waals surface area contributed by atoms with Gasteiger partial charge in [0.15, 0.2) is 0 Å². The molecule has 0 radical (unpaired) electrons. The van der Waals surface area contributed by atoms with Crippen LogP contribution in [0.15, 0.2) is 0 Å². The number of aliphatic hydroxyl groups excluding tert-OH is 3. The molecular formula is C25H53NO4. The molecule has 0 spiro atoms. The van der Waals surface area contributed by atoms with Crippen LogP contribution in [0.25, 0.3) is 0 Å². The van der Waals surface area contributed by atoms with Crippen LogP contribution >= 0.6 is 0 Å². The van der Waals surface area contributed by atoms with E-state index in [1.807, 2.05) is 4.90 Å². The molecule has 0 aliphatic carbocycles. The molecule has 5 nitrogen and oxygen atoms in total. The van der Waals surface area contributed by atoms with Crippen molar-refractivity contribution in [3.05, 3.63) is 0 Å². The molecule has 5 heteroatoms. The van der Waals surface area contributed by atoms with Crippen molar-refractivity contribution in [3.63, 3.8) is 0 Å². The average molecular weight is 432 g/mol. The predicted molar refractivity (Wildman–Crippen MR) is 127 cm³/mol. The van der Waals surface area contributed by atoms with Gasteiger partial charge in [-0.25, -0.2) is 0 Å². The van der Waals surface area contributed by atoms with Gasteiger partial charge in [-0.15, -0.1) is 0 Å². The van der Waals surface area contributed by atoms with Gasteiger partial charge in [-0.3, -0.25) is 4.90 Å². The van der Waals surface area contributed by atoms with Crippen molar-refractivity contribution in [2.24, 2.45) is 0 Å². The van der Waals surface area contributed by atoms with Gasteiger partial charge in [0.2, 0.25) is 0 Å². The number of hydrogen-bond acceptors (Lipinski definition) is 5. The predicted octanol–water partition coefficient (Wildman–Crippen LogP) is 4.91. The minimum absolute atomic E-state index is 0.0345. The lowest BCUT2D eigenvalue weighted by Gasteiger charge is -2.23. The third kappa shape index (κ3) is 22.5. The highest BCUT2D eigenvalue weighted by Gasteiger charge is 2.11. The first-order chi connectivity index (χ1) is 14.7. The lowest BCUT2D eigenvalue weighted by Crippen LogP contribution is -2.38. The Morgan fingerprint density at radius 3 is 1.43 bits per heavy atom. The molecule has 1 atom stereocenters. The van der Waals surface area contributed by atoms with E-state index in [4.69, 9.17) is 14.9 Å². The number of aliphatic hydroxyl groups is 3. The van der Waals surface area contributed by atoms with Gasteiger partial charge in [-0.2, -0.15) is 0 Å². The third-order valence-electron chi connectivity index (χ3n) is 5.75. The monoisotopic (exact) mass is 431 g/mol. The zero-order valence-electron chi connectivity index (χ0n) is 20.0. The van der Waals surface area contributed by atoms with Crippen molar-refractivity contribution in [3.8, 4) is 0 Å². The molecule has 0 aromatic rings. The van der Waals surface area contributed by atoms with Gasteiger partial charge < -0.3 is 20.1 Å². The number of nitrogens with zero attached hydrogens (tertiary/aromatic N) is 1. The zero-order valence-corrected chi connectivity index (χ0v) is 20.0. The minimum Gasteiger partial charge on any atom is -0.395 e. The molecular weight excluding hydrogens is 378 g/mol. The van der Waals surface area contributed by atoms with Crippen LogP contribution in [0.4, 0.5) is 0 Å². The van der Waals surface area contributed by atoms with Crippen LogP contribution in [0, 0.1) is 0 Å². The van der Waals surface area contributed by atoms with Crippen LogP contribution in [0.1, 0.15) is 110 Å². The molecule has 0 saturated carbocycles. The molecule has 0 heterocycles. The van der Waals surface area contributed by atoms with Gasteiger partial charge in [-0.05, 0) is 6.42 Å². The normalized spacial score (nSPS) is 12.7. The second kappa shape index (κ2) is 25.1.